The van der Waals surface area contributed by atoms with Crippen LogP contribution >= 0.6 is 11.6 Å². The van der Waals surface area contributed by atoms with Crippen molar-refractivity contribution in [1.82, 2.24) is 15.2 Å². The quantitative estimate of drug-likeness (QED) is 0.831. The maximum atomic E-state index is 12.7. The van der Waals surface area contributed by atoms with E-state index < -0.39 is 0 Å². The van der Waals surface area contributed by atoms with Crippen molar-refractivity contribution in [2.45, 2.75) is 19.8 Å². The Morgan fingerprint density at radius 3 is 2.65 bits per heavy atom. The summed E-state index contributed by atoms with van der Waals surface area (Å²) in [5, 5.41) is 3.81. The van der Waals surface area contributed by atoms with Gasteiger partial charge < -0.3 is 15.0 Å². The molecule has 0 spiro atoms. The van der Waals surface area contributed by atoms with Crippen LogP contribution in [0.5, 0.6) is 11.5 Å². The van der Waals surface area contributed by atoms with Crippen LogP contribution in [0.1, 0.15) is 30.1 Å². The van der Waals surface area contributed by atoms with Crippen molar-refractivity contribution in [2.24, 2.45) is 5.92 Å². The van der Waals surface area contributed by atoms with Gasteiger partial charge in [-0.25, -0.2) is 0 Å². The van der Waals surface area contributed by atoms with Crippen LogP contribution in [0.2, 0.25) is 5.02 Å². The van der Waals surface area contributed by atoms with Gasteiger partial charge in [0.1, 0.15) is 11.5 Å². The first-order chi connectivity index (χ1) is 12.7. The van der Waals surface area contributed by atoms with Crippen molar-refractivity contribution in [1.29, 1.82) is 0 Å². The molecule has 1 aromatic carbocycles. The van der Waals surface area contributed by atoms with Gasteiger partial charge in [0.15, 0.2) is 0 Å². The second-order valence-electron chi connectivity index (χ2n) is 6.47. The van der Waals surface area contributed by atoms with Crippen LogP contribution in [0.15, 0.2) is 42.7 Å². The molecule has 1 N–H and O–H groups in total. The summed E-state index contributed by atoms with van der Waals surface area (Å²) in [5.41, 5.74) is 0.599. The monoisotopic (exact) mass is 373 g/mol. The van der Waals surface area contributed by atoms with Crippen molar-refractivity contribution >= 4 is 17.5 Å². The lowest BCUT2D eigenvalue weighted by atomic mass is 9.96. The number of ether oxygens (including phenoxy) is 1. The molecule has 0 aliphatic carbocycles. The Kier molecular flexibility index (Phi) is 6.47. The number of rotatable bonds is 6. The maximum Gasteiger partial charge on any atom is 0.253 e. The first-order valence-corrected chi connectivity index (χ1v) is 9.42. The lowest BCUT2D eigenvalue weighted by Crippen LogP contribution is -2.40. The predicted molar refractivity (Wildman–Crippen MR) is 103 cm³/mol. The smallest absolute Gasteiger partial charge is 0.253 e. The lowest BCUT2D eigenvalue weighted by molar-refractivity contribution is 0.0690. The number of pyridine rings is 1. The van der Waals surface area contributed by atoms with Crippen LogP contribution in [0.3, 0.4) is 0 Å². The number of aromatic nitrogens is 1. The Labute approximate surface area is 159 Å². The van der Waals surface area contributed by atoms with Gasteiger partial charge in [-0.05, 0) is 62.2 Å². The number of amides is 1. The molecule has 5 nitrogen and oxygen atoms in total. The third-order valence-electron chi connectivity index (χ3n) is 4.64. The third kappa shape index (κ3) is 4.74. The molecule has 2 aromatic rings. The van der Waals surface area contributed by atoms with E-state index in [0.717, 1.165) is 39.0 Å². The van der Waals surface area contributed by atoms with E-state index in [-0.39, 0.29) is 5.91 Å². The van der Waals surface area contributed by atoms with Gasteiger partial charge in [0.05, 0.1) is 5.02 Å². The fourth-order valence-corrected chi connectivity index (χ4v) is 3.34. The highest BCUT2D eigenvalue weighted by Gasteiger charge is 2.23. The zero-order valence-electron chi connectivity index (χ0n) is 15.0. The molecule has 0 bridgehead atoms. The molecule has 26 heavy (non-hydrogen) atoms. The average molecular weight is 374 g/mol. The molecule has 3 rings (SSSR count). The van der Waals surface area contributed by atoms with Crippen molar-refractivity contribution in [2.75, 3.05) is 26.2 Å². The van der Waals surface area contributed by atoms with Crippen LogP contribution in [0.4, 0.5) is 0 Å². The Morgan fingerprint density at radius 1 is 1.27 bits per heavy atom. The molecule has 1 aromatic heterocycles. The lowest BCUT2D eigenvalue weighted by Gasteiger charge is -2.32. The highest BCUT2D eigenvalue weighted by molar-refractivity contribution is 6.32. The van der Waals surface area contributed by atoms with E-state index in [2.05, 4.69) is 17.2 Å². The first kappa shape index (κ1) is 18.7. The summed E-state index contributed by atoms with van der Waals surface area (Å²) in [7, 11) is 0. The van der Waals surface area contributed by atoms with Crippen molar-refractivity contribution in [3.8, 4) is 11.5 Å². The molecule has 138 valence electrons. The highest BCUT2D eigenvalue weighted by atomic mass is 35.5. The van der Waals surface area contributed by atoms with Gasteiger partial charge in [-0.1, -0.05) is 18.5 Å². The minimum atomic E-state index is 0.0317. The number of likely N-dealkylation sites (tertiary alicyclic amines) is 1. The number of carbonyl (C=O) groups is 1. The molecule has 1 aliphatic rings. The fourth-order valence-electron chi connectivity index (χ4n) is 3.12. The molecule has 1 amide bonds. The molecular weight excluding hydrogens is 350 g/mol. The largest absolute Gasteiger partial charge is 0.456 e. The first-order valence-electron chi connectivity index (χ1n) is 9.04. The number of hydrogen-bond donors (Lipinski definition) is 1. The number of nitrogens with one attached hydrogen (secondary N) is 1. The molecule has 1 aliphatic heterocycles. The van der Waals surface area contributed by atoms with Crippen LogP contribution < -0.4 is 10.1 Å². The second kappa shape index (κ2) is 9.01. The van der Waals surface area contributed by atoms with E-state index in [4.69, 9.17) is 16.3 Å². The number of benzene rings is 1. The van der Waals surface area contributed by atoms with Gasteiger partial charge in [-0.15, -0.1) is 0 Å². The molecule has 1 saturated heterocycles. The van der Waals surface area contributed by atoms with Crippen molar-refractivity contribution < 1.29 is 9.53 Å². The van der Waals surface area contributed by atoms with Gasteiger partial charge in [0.25, 0.3) is 5.91 Å². The van der Waals surface area contributed by atoms with E-state index in [1.807, 2.05) is 4.90 Å². The van der Waals surface area contributed by atoms with Gasteiger partial charge >= 0.3 is 0 Å². The molecule has 0 unspecified atom stereocenters. The van der Waals surface area contributed by atoms with Crippen molar-refractivity contribution in [3.63, 3.8) is 0 Å². The third-order valence-corrected chi connectivity index (χ3v) is 4.94. The summed E-state index contributed by atoms with van der Waals surface area (Å²) in [4.78, 5) is 18.6. The van der Waals surface area contributed by atoms with E-state index in [0.29, 0.717) is 28.0 Å². The Balaban J connectivity index is 1.61. The summed E-state index contributed by atoms with van der Waals surface area (Å²) in [6.45, 7) is 5.73. The molecule has 0 saturated carbocycles. The van der Waals surface area contributed by atoms with E-state index >= 15 is 0 Å². The van der Waals surface area contributed by atoms with Crippen LogP contribution in [-0.2, 0) is 0 Å². The average Bonchev–Trinajstić information content (AvgIpc) is 2.68. The minimum absolute atomic E-state index is 0.0317. The predicted octanol–water partition coefficient (Wildman–Crippen LogP) is 3.99. The Morgan fingerprint density at radius 2 is 2.00 bits per heavy atom. The zero-order chi connectivity index (χ0) is 18.4. The fraction of sp³-hybridized carbons (Fsp3) is 0.400. The van der Waals surface area contributed by atoms with E-state index in [1.165, 1.54) is 0 Å². The number of halogens is 1. The SMILES string of the molecule is CCNCC1CCN(C(=O)c2ccc(Oc3ccncc3)c(Cl)c2)CC1. The summed E-state index contributed by atoms with van der Waals surface area (Å²) in [6.07, 6.45) is 5.38. The maximum absolute atomic E-state index is 12.7. The van der Waals surface area contributed by atoms with Gasteiger partial charge in [-0.2, -0.15) is 0 Å². The zero-order valence-corrected chi connectivity index (χ0v) is 15.7. The van der Waals surface area contributed by atoms with Crippen LogP contribution in [-0.4, -0.2) is 42.0 Å². The molecule has 0 radical (unpaired) electrons. The highest BCUT2D eigenvalue weighted by Crippen LogP contribution is 2.30. The molecule has 6 heteroatoms. The molecule has 0 atom stereocenters. The van der Waals surface area contributed by atoms with Crippen LogP contribution in [0, 0.1) is 5.92 Å². The van der Waals surface area contributed by atoms with Crippen molar-refractivity contribution in [3.05, 3.63) is 53.3 Å². The van der Waals surface area contributed by atoms with Crippen LogP contribution in [0.25, 0.3) is 0 Å². The summed E-state index contributed by atoms with van der Waals surface area (Å²) in [6, 6.07) is 8.72. The molecular formula is C20H24ClN3O2. The van der Waals surface area contributed by atoms with Gasteiger partial charge in [-0.3, -0.25) is 9.78 Å². The minimum Gasteiger partial charge on any atom is -0.456 e. The second-order valence-corrected chi connectivity index (χ2v) is 6.88. The standard InChI is InChI=1S/C20H24ClN3O2/c1-2-22-14-15-7-11-24(12-8-15)20(25)16-3-4-19(18(21)13-16)26-17-5-9-23-10-6-17/h3-6,9-10,13,15,22H,2,7-8,11-12,14H2,1H3. The number of piperidine rings is 1. The molecule has 2 heterocycles. The number of nitrogens with zero attached hydrogens (tertiary/aromatic N) is 2. The summed E-state index contributed by atoms with van der Waals surface area (Å²) in [5.74, 6) is 1.87. The number of carbonyl (C=O) groups excluding carboxylic acids is 1. The summed E-state index contributed by atoms with van der Waals surface area (Å²) >= 11 is 6.32. The molecule has 1 fully saturated rings. The van der Waals surface area contributed by atoms with E-state index in [1.54, 1.807) is 42.7 Å². The summed E-state index contributed by atoms with van der Waals surface area (Å²) < 4.78 is 5.74. The van der Waals surface area contributed by atoms with E-state index in [9.17, 15) is 4.79 Å². The van der Waals surface area contributed by atoms with Gasteiger partial charge in [0, 0.05) is 31.0 Å². The van der Waals surface area contributed by atoms with Gasteiger partial charge in [0.2, 0.25) is 0 Å². The number of hydrogen-bond acceptors (Lipinski definition) is 4. The normalized spacial score (nSPS) is 15.1. The Bertz CT molecular complexity index is 731. The topological polar surface area (TPSA) is 54.5 Å². The Hall–Kier alpha value is -2.11.